The fourth-order valence-corrected chi connectivity index (χ4v) is 2.80. The number of nitrogens with zero attached hydrogens (tertiary/aromatic N) is 1. The smallest absolute Gasteiger partial charge is 0.0396 e. The number of nitrogens with two attached hydrogens (primary N) is 1. The maximum Gasteiger partial charge on any atom is 0.0396 e. The Kier molecular flexibility index (Phi) is 4.06. The third-order valence-corrected chi connectivity index (χ3v) is 3.69. The summed E-state index contributed by atoms with van der Waals surface area (Å²) in [5, 5.41) is 0. The Morgan fingerprint density at radius 2 is 2.24 bits per heavy atom. The summed E-state index contributed by atoms with van der Waals surface area (Å²) in [5.41, 5.74) is 9.77. The average Bonchev–Trinajstić information content (AvgIpc) is 2.29. The molecule has 94 valence electrons. The van der Waals surface area contributed by atoms with Crippen molar-refractivity contribution in [2.45, 2.75) is 33.1 Å². The fourth-order valence-electron chi connectivity index (χ4n) is 2.80. The molecule has 1 atom stereocenters. The molecule has 0 radical (unpaired) electrons. The maximum absolute atomic E-state index is 5.60. The highest BCUT2D eigenvalue weighted by Crippen LogP contribution is 2.26. The largest absolute Gasteiger partial charge is 0.371 e. The Hall–Kier alpha value is -1.02. The van der Waals surface area contributed by atoms with Gasteiger partial charge in [0.05, 0.1) is 0 Å². The molecule has 2 nitrogen and oxygen atoms in total. The second kappa shape index (κ2) is 5.54. The molecule has 1 aliphatic rings. The summed E-state index contributed by atoms with van der Waals surface area (Å²) in [7, 11) is 0. The number of hydrogen-bond acceptors (Lipinski definition) is 2. The van der Waals surface area contributed by atoms with Gasteiger partial charge in [-0.3, -0.25) is 0 Å². The standard InChI is InChI=1S/C15H24N2/c1-12-4-3-9-17(11-12)15-6-5-14(7-8-16)10-13(15)2/h5-6,10,12H,3-4,7-9,11,16H2,1-2H3. The van der Waals surface area contributed by atoms with E-state index in [1.54, 1.807) is 0 Å². The Bertz CT molecular complexity index is 373. The first-order valence-electron chi connectivity index (χ1n) is 6.75. The lowest BCUT2D eigenvalue weighted by Gasteiger charge is -2.34. The molecule has 1 fully saturated rings. The van der Waals surface area contributed by atoms with Crippen molar-refractivity contribution in [1.82, 2.24) is 0 Å². The van der Waals surface area contributed by atoms with E-state index >= 15 is 0 Å². The van der Waals surface area contributed by atoms with Crippen LogP contribution in [-0.2, 0) is 6.42 Å². The lowest BCUT2D eigenvalue weighted by atomic mass is 9.98. The first-order chi connectivity index (χ1) is 8.20. The molecule has 1 aliphatic heterocycles. The predicted octanol–water partition coefficient (Wildman–Crippen LogP) is 2.73. The zero-order valence-electron chi connectivity index (χ0n) is 11.1. The van der Waals surface area contributed by atoms with Crippen LogP contribution in [0.2, 0.25) is 0 Å². The van der Waals surface area contributed by atoms with E-state index in [2.05, 4.69) is 36.9 Å². The predicted molar refractivity (Wildman–Crippen MR) is 74.5 cm³/mol. The van der Waals surface area contributed by atoms with Crippen LogP contribution in [0.3, 0.4) is 0 Å². The molecule has 1 unspecified atom stereocenters. The summed E-state index contributed by atoms with van der Waals surface area (Å²) in [5.74, 6) is 0.826. The molecule has 17 heavy (non-hydrogen) atoms. The molecule has 0 bridgehead atoms. The van der Waals surface area contributed by atoms with Crippen LogP contribution in [0.1, 0.15) is 30.9 Å². The monoisotopic (exact) mass is 232 g/mol. The van der Waals surface area contributed by atoms with Gasteiger partial charge in [-0.2, -0.15) is 0 Å². The highest BCUT2D eigenvalue weighted by atomic mass is 15.1. The van der Waals surface area contributed by atoms with Gasteiger partial charge in [0.25, 0.3) is 0 Å². The Morgan fingerprint density at radius 1 is 1.41 bits per heavy atom. The summed E-state index contributed by atoms with van der Waals surface area (Å²) in [4.78, 5) is 2.54. The zero-order chi connectivity index (χ0) is 12.3. The molecule has 0 aromatic heterocycles. The first-order valence-corrected chi connectivity index (χ1v) is 6.75. The van der Waals surface area contributed by atoms with Crippen LogP contribution in [-0.4, -0.2) is 19.6 Å². The van der Waals surface area contributed by atoms with Gasteiger partial charge < -0.3 is 10.6 Å². The maximum atomic E-state index is 5.60. The third-order valence-electron chi connectivity index (χ3n) is 3.69. The summed E-state index contributed by atoms with van der Waals surface area (Å²) >= 11 is 0. The fraction of sp³-hybridized carbons (Fsp3) is 0.600. The second-order valence-electron chi connectivity index (χ2n) is 5.35. The van der Waals surface area contributed by atoms with Crippen molar-refractivity contribution in [1.29, 1.82) is 0 Å². The molecule has 1 heterocycles. The first kappa shape index (κ1) is 12.4. The van der Waals surface area contributed by atoms with Crippen molar-refractivity contribution in [3.8, 4) is 0 Å². The summed E-state index contributed by atoms with van der Waals surface area (Å²) < 4.78 is 0. The van der Waals surface area contributed by atoms with Crippen molar-refractivity contribution in [3.63, 3.8) is 0 Å². The number of rotatable bonds is 3. The van der Waals surface area contributed by atoms with Crippen LogP contribution in [0.5, 0.6) is 0 Å². The lowest BCUT2D eigenvalue weighted by molar-refractivity contribution is 0.446. The highest BCUT2D eigenvalue weighted by molar-refractivity contribution is 5.54. The number of aryl methyl sites for hydroxylation is 1. The van der Waals surface area contributed by atoms with E-state index in [-0.39, 0.29) is 0 Å². The molecule has 2 N–H and O–H groups in total. The molecular formula is C15H24N2. The van der Waals surface area contributed by atoms with Gasteiger partial charge in [-0.15, -0.1) is 0 Å². The minimum Gasteiger partial charge on any atom is -0.371 e. The average molecular weight is 232 g/mol. The van der Waals surface area contributed by atoms with Crippen molar-refractivity contribution in [2.75, 3.05) is 24.5 Å². The van der Waals surface area contributed by atoms with E-state index < -0.39 is 0 Å². The quantitative estimate of drug-likeness (QED) is 0.868. The normalized spacial score (nSPS) is 20.6. The van der Waals surface area contributed by atoms with Gasteiger partial charge in [-0.05, 0) is 55.8 Å². The van der Waals surface area contributed by atoms with Crippen LogP contribution in [0.15, 0.2) is 18.2 Å². The Labute approximate surface area is 105 Å². The Morgan fingerprint density at radius 3 is 2.88 bits per heavy atom. The van der Waals surface area contributed by atoms with E-state index in [1.165, 1.54) is 42.7 Å². The van der Waals surface area contributed by atoms with Gasteiger partial charge in [0.1, 0.15) is 0 Å². The molecule has 0 aliphatic carbocycles. The summed E-state index contributed by atoms with van der Waals surface area (Å²) in [6.45, 7) is 7.72. The van der Waals surface area contributed by atoms with Crippen molar-refractivity contribution in [2.24, 2.45) is 11.7 Å². The molecule has 2 heteroatoms. The highest BCUT2D eigenvalue weighted by Gasteiger charge is 2.17. The van der Waals surface area contributed by atoms with Crippen LogP contribution < -0.4 is 10.6 Å². The number of hydrogen-bond donors (Lipinski definition) is 1. The molecule has 0 spiro atoms. The minimum absolute atomic E-state index is 0.736. The van der Waals surface area contributed by atoms with E-state index in [4.69, 9.17) is 5.73 Å². The summed E-state index contributed by atoms with van der Waals surface area (Å²) in [6.07, 6.45) is 3.68. The van der Waals surface area contributed by atoms with Gasteiger partial charge in [0, 0.05) is 18.8 Å². The van der Waals surface area contributed by atoms with Gasteiger partial charge >= 0.3 is 0 Å². The van der Waals surface area contributed by atoms with Crippen LogP contribution in [0.25, 0.3) is 0 Å². The summed E-state index contributed by atoms with van der Waals surface area (Å²) in [6, 6.07) is 6.80. The third kappa shape index (κ3) is 3.01. The molecule has 1 saturated heterocycles. The molecule has 1 aromatic rings. The number of benzene rings is 1. The minimum atomic E-state index is 0.736. The van der Waals surface area contributed by atoms with E-state index in [0.29, 0.717) is 0 Å². The lowest BCUT2D eigenvalue weighted by Crippen LogP contribution is -2.34. The second-order valence-corrected chi connectivity index (χ2v) is 5.35. The van der Waals surface area contributed by atoms with E-state index in [0.717, 1.165) is 18.9 Å². The van der Waals surface area contributed by atoms with Crippen LogP contribution in [0.4, 0.5) is 5.69 Å². The number of piperidine rings is 1. The molecule has 1 aromatic carbocycles. The van der Waals surface area contributed by atoms with Gasteiger partial charge in [0.2, 0.25) is 0 Å². The molecule has 0 saturated carbocycles. The van der Waals surface area contributed by atoms with Crippen LogP contribution >= 0.6 is 0 Å². The molecule has 0 amide bonds. The Balaban J connectivity index is 2.15. The zero-order valence-corrected chi connectivity index (χ0v) is 11.1. The van der Waals surface area contributed by atoms with Gasteiger partial charge in [-0.25, -0.2) is 0 Å². The number of anilines is 1. The van der Waals surface area contributed by atoms with Gasteiger partial charge in [0.15, 0.2) is 0 Å². The van der Waals surface area contributed by atoms with E-state index in [1.807, 2.05) is 0 Å². The topological polar surface area (TPSA) is 29.3 Å². The van der Waals surface area contributed by atoms with Crippen LogP contribution in [0, 0.1) is 12.8 Å². The SMILES string of the molecule is Cc1cc(CCN)ccc1N1CCCC(C)C1. The molecular weight excluding hydrogens is 208 g/mol. The van der Waals surface area contributed by atoms with Crippen molar-refractivity contribution < 1.29 is 0 Å². The van der Waals surface area contributed by atoms with Gasteiger partial charge in [-0.1, -0.05) is 19.1 Å². The van der Waals surface area contributed by atoms with Crippen molar-refractivity contribution in [3.05, 3.63) is 29.3 Å². The van der Waals surface area contributed by atoms with Crippen molar-refractivity contribution >= 4 is 5.69 Å². The van der Waals surface area contributed by atoms with E-state index in [9.17, 15) is 0 Å². The molecule has 2 rings (SSSR count).